The minimum atomic E-state index is -0.220. The van der Waals surface area contributed by atoms with Crippen molar-refractivity contribution in [2.24, 2.45) is 0 Å². The second kappa shape index (κ2) is 7.79. The lowest BCUT2D eigenvalue weighted by molar-refractivity contribution is -0.121. The van der Waals surface area contributed by atoms with E-state index >= 15 is 0 Å². The summed E-state index contributed by atoms with van der Waals surface area (Å²) >= 11 is 1.52. The van der Waals surface area contributed by atoms with Crippen molar-refractivity contribution in [3.63, 3.8) is 0 Å². The van der Waals surface area contributed by atoms with Crippen LogP contribution < -0.4 is 10.9 Å². The summed E-state index contributed by atoms with van der Waals surface area (Å²) in [7, 11) is 0. The van der Waals surface area contributed by atoms with Gasteiger partial charge in [-0.2, -0.15) is 0 Å². The third-order valence-electron chi connectivity index (χ3n) is 5.06. The topological polar surface area (TPSA) is 92.7 Å². The van der Waals surface area contributed by atoms with Crippen LogP contribution >= 0.6 is 11.3 Å². The Morgan fingerprint density at radius 3 is 2.83 bits per heavy atom. The van der Waals surface area contributed by atoms with Crippen molar-refractivity contribution in [1.82, 2.24) is 24.8 Å². The summed E-state index contributed by atoms with van der Waals surface area (Å²) in [5, 5.41) is 3.43. The van der Waals surface area contributed by atoms with E-state index in [0.717, 1.165) is 33.0 Å². The number of hydrogen-bond acceptors (Lipinski definition) is 5. The minimum Gasteiger partial charge on any atom is -0.354 e. The van der Waals surface area contributed by atoms with E-state index < -0.39 is 0 Å². The van der Waals surface area contributed by atoms with E-state index in [9.17, 15) is 9.59 Å². The number of benzene rings is 1. The van der Waals surface area contributed by atoms with Gasteiger partial charge in [0.1, 0.15) is 17.2 Å². The van der Waals surface area contributed by atoms with Crippen molar-refractivity contribution >= 4 is 38.5 Å². The largest absolute Gasteiger partial charge is 0.354 e. The highest BCUT2D eigenvalue weighted by Crippen LogP contribution is 2.21. The first-order chi connectivity index (χ1) is 13.9. The van der Waals surface area contributed by atoms with Crippen LogP contribution in [0.25, 0.3) is 21.3 Å². The number of aromatic amines is 1. The average Bonchev–Trinajstić information content (AvgIpc) is 3.28. The van der Waals surface area contributed by atoms with E-state index in [4.69, 9.17) is 0 Å². The number of nitrogens with zero attached hydrogens (tertiary/aromatic N) is 3. The molecule has 29 heavy (non-hydrogen) atoms. The Labute approximate surface area is 171 Å². The van der Waals surface area contributed by atoms with E-state index in [2.05, 4.69) is 46.2 Å². The van der Waals surface area contributed by atoms with Crippen LogP contribution in [-0.2, 0) is 24.2 Å². The molecule has 3 aromatic heterocycles. The fourth-order valence-corrected chi connectivity index (χ4v) is 4.19. The second-order valence-electron chi connectivity index (χ2n) is 7.20. The van der Waals surface area contributed by atoms with Gasteiger partial charge in [-0.25, -0.2) is 9.97 Å². The number of carbonyl (C=O) groups is 1. The molecular weight excluding hydrogens is 386 g/mol. The molecule has 3 heterocycles. The predicted molar refractivity (Wildman–Crippen MR) is 116 cm³/mol. The highest BCUT2D eigenvalue weighted by molar-refractivity contribution is 7.18. The lowest BCUT2D eigenvalue weighted by Gasteiger charge is -2.06. The summed E-state index contributed by atoms with van der Waals surface area (Å²) in [6, 6.07) is 6.02. The molecule has 0 atom stereocenters. The molecule has 0 aliphatic heterocycles. The van der Waals surface area contributed by atoms with Gasteiger partial charge in [0.15, 0.2) is 0 Å². The molecule has 4 rings (SSSR count). The Balaban J connectivity index is 1.38. The van der Waals surface area contributed by atoms with Crippen molar-refractivity contribution in [1.29, 1.82) is 0 Å². The van der Waals surface area contributed by atoms with Crippen LogP contribution in [0.15, 0.2) is 29.3 Å². The number of rotatable bonds is 6. The molecule has 2 N–H and O–H groups in total. The zero-order valence-corrected chi connectivity index (χ0v) is 17.5. The molecule has 0 spiro atoms. The highest BCUT2D eigenvalue weighted by Gasteiger charge is 2.11. The number of nitrogens with one attached hydrogen (secondary N) is 2. The van der Waals surface area contributed by atoms with E-state index in [1.807, 2.05) is 13.0 Å². The third-order valence-corrected chi connectivity index (χ3v) is 6.25. The number of aromatic nitrogens is 4. The van der Waals surface area contributed by atoms with Crippen LogP contribution in [-0.4, -0.2) is 32.0 Å². The van der Waals surface area contributed by atoms with Crippen LogP contribution in [0, 0.1) is 13.8 Å². The van der Waals surface area contributed by atoms with E-state index in [1.54, 1.807) is 0 Å². The SMILES string of the molecule is CCc1cc2c(=O)n(CC(=O)NCCc3nc4cc(C)c(C)cc4[nH]3)cnc2s1. The molecule has 150 valence electrons. The molecule has 0 bridgehead atoms. The van der Waals surface area contributed by atoms with E-state index in [1.165, 1.54) is 33.4 Å². The maximum atomic E-state index is 12.6. The van der Waals surface area contributed by atoms with Crippen LogP contribution in [0.2, 0.25) is 0 Å². The maximum absolute atomic E-state index is 12.6. The molecule has 4 aromatic rings. The molecule has 0 radical (unpaired) electrons. The molecule has 7 nitrogen and oxygen atoms in total. The van der Waals surface area contributed by atoms with Crippen LogP contribution in [0.3, 0.4) is 0 Å². The quantitative estimate of drug-likeness (QED) is 0.512. The van der Waals surface area contributed by atoms with Crippen LogP contribution in [0.1, 0.15) is 28.8 Å². The Bertz CT molecular complexity index is 1230. The Morgan fingerprint density at radius 2 is 2.03 bits per heavy atom. The van der Waals surface area contributed by atoms with E-state index in [-0.39, 0.29) is 18.0 Å². The van der Waals surface area contributed by atoms with Gasteiger partial charge in [-0.1, -0.05) is 6.92 Å². The van der Waals surface area contributed by atoms with Crippen molar-refractivity contribution in [2.75, 3.05) is 6.54 Å². The molecular formula is C21H23N5O2S. The highest BCUT2D eigenvalue weighted by atomic mass is 32.1. The van der Waals surface area contributed by atoms with Gasteiger partial charge in [-0.05, 0) is 49.6 Å². The zero-order valence-electron chi connectivity index (χ0n) is 16.7. The Morgan fingerprint density at radius 1 is 1.24 bits per heavy atom. The summed E-state index contributed by atoms with van der Waals surface area (Å²) in [6.45, 7) is 6.58. The van der Waals surface area contributed by atoms with Crippen molar-refractivity contribution in [2.45, 2.75) is 40.2 Å². The smallest absolute Gasteiger partial charge is 0.262 e. The first-order valence-corrected chi connectivity index (χ1v) is 10.5. The second-order valence-corrected chi connectivity index (χ2v) is 8.31. The third kappa shape index (κ3) is 3.93. The van der Waals surface area contributed by atoms with E-state index in [0.29, 0.717) is 18.4 Å². The first-order valence-electron chi connectivity index (χ1n) is 9.65. The van der Waals surface area contributed by atoms with Gasteiger partial charge in [-0.15, -0.1) is 11.3 Å². The molecule has 0 saturated carbocycles. The molecule has 0 unspecified atom stereocenters. The molecule has 0 fully saturated rings. The molecule has 0 aliphatic rings. The maximum Gasteiger partial charge on any atom is 0.262 e. The predicted octanol–water partition coefficient (Wildman–Crippen LogP) is 2.87. The van der Waals surface area contributed by atoms with Gasteiger partial charge in [0, 0.05) is 17.8 Å². The van der Waals surface area contributed by atoms with Gasteiger partial charge in [0.05, 0.1) is 22.7 Å². The lowest BCUT2D eigenvalue weighted by Crippen LogP contribution is -2.33. The van der Waals surface area contributed by atoms with Crippen molar-refractivity contribution in [3.8, 4) is 0 Å². The summed E-state index contributed by atoms with van der Waals surface area (Å²) < 4.78 is 1.36. The number of thiophene rings is 1. The molecule has 1 aromatic carbocycles. The summed E-state index contributed by atoms with van der Waals surface area (Å²) in [5.74, 6) is 0.609. The number of imidazole rings is 1. The fraction of sp³-hybridized carbons (Fsp3) is 0.333. The summed E-state index contributed by atoms with van der Waals surface area (Å²) in [4.78, 5) is 38.9. The van der Waals surface area contributed by atoms with Crippen LogP contribution in [0.4, 0.5) is 0 Å². The standard InChI is InChI=1S/C21H23N5O2S/c1-4-14-9-15-20(29-14)23-11-26(21(15)28)10-19(27)22-6-5-18-24-16-7-12(2)13(3)8-17(16)25-18/h7-9,11H,4-6,10H2,1-3H3,(H,22,27)(H,24,25). The van der Waals surface area contributed by atoms with Crippen molar-refractivity contribution in [3.05, 3.63) is 56.7 Å². The fourth-order valence-electron chi connectivity index (χ4n) is 3.27. The Kier molecular flexibility index (Phi) is 5.19. The normalized spacial score (nSPS) is 11.4. The molecule has 0 saturated heterocycles. The van der Waals surface area contributed by atoms with Gasteiger partial charge in [0.25, 0.3) is 5.56 Å². The number of amides is 1. The molecule has 8 heteroatoms. The number of hydrogen-bond donors (Lipinski definition) is 2. The number of aryl methyl sites for hydroxylation is 3. The number of fused-ring (bicyclic) bond motifs is 2. The van der Waals surface area contributed by atoms with Crippen LogP contribution in [0.5, 0.6) is 0 Å². The minimum absolute atomic E-state index is 0.0440. The Hall–Kier alpha value is -3.00. The van der Waals surface area contributed by atoms with Gasteiger partial charge >= 0.3 is 0 Å². The van der Waals surface area contributed by atoms with Gasteiger partial charge < -0.3 is 10.3 Å². The summed E-state index contributed by atoms with van der Waals surface area (Å²) in [6.07, 6.45) is 2.90. The number of H-pyrrole nitrogens is 1. The van der Waals surface area contributed by atoms with Crippen molar-refractivity contribution < 1.29 is 4.79 Å². The average molecular weight is 410 g/mol. The lowest BCUT2D eigenvalue weighted by atomic mass is 10.1. The number of carbonyl (C=O) groups excluding carboxylic acids is 1. The summed E-state index contributed by atoms with van der Waals surface area (Å²) in [5.41, 5.74) is 4.18. The zero-order chi connectivity index (χ0) is 20.5. The molecule has 0 aliphatic carbocycles. The monoisotopic (exact) mass is 409 g/mol. The van der Waals surface area contributed by atoms with Gasteiger partial charge in [-0.3, -0.25) is 14.2 Å². The molecule has 1 amide bonds. The first kappa shape index (κ1) is 19.3. The van der Waals surface area contributed by atoms with Gasteiger partial charge in [0.2, 0.25) is 5.91 Å².